The van der Waals surface area contributed by atoms with Crippen molar-refractivity contribution in [2.75, 3.05) is 0 Å². The Morgan fingerprint density at radius 2 is 0.972 bits per heavy atom. The van der Waals surface area contributed by atoms with Crippen LogP contribution in [-0.4, -0.2) is 56.1 Å². The molecule has 3 aromatic rings. The van der Waals surface area contributed by atoms with Gasteiger partial charge in [0.15, 0.2) is 0 Å². The minimum absolute atomic E-state index is 0.0570. The van der Waals surface area contributed by atoms with Gasteiger partial charge in [-0.25, -0.2) is 9.59 Å². The summed E-state index contributed by atoms with van der Waals surface area (Å²) in [5, 5.41) is 59.2. The largest absolute Gasteiger partial charge is 0.488 e. The van der Waals surface area contributed by atoms with E-state index in [4.69, 9.17) is 9.47 Å². The lowest BCUT2D eigenvalue weighted by Crippen LogP contribution is -2.31. The van der Waals surface area contributed by atoms with Gasteiger partial charge in [0.25, 0.3) is 11.4 Å². The molecule has 182 valence electrons. The van der Waals surface area contributed by atoms with E-state index in [0.29, 0.717) is 0 Å². The Morgan fingerprint density at radius 3 is 1.25 bits per heavy atom. The first-order chi connectivity index (χ1) is 16.9. The lowest BCUT2D eigenvalue weighted by atomic mass is 9.79. The van der Waals surface area contributed by atoms with Crippen molar-refractivity contribution in [2.24, 2.45) is 0 Å². The summed E-state index contributed by atoms with van der Waals surface area (Å²) in [6.45, 7) is 0. The smallest absolute Gasteiger partial charge is 0.423 e. The molecule has 36 heavy (non-hydrogen) atoms. The van der Waals surface area contributed by atoms with Crippen molar-refractivity contribution in [3.63, 3.8) is 0 Å². The lowest BCUT2D eigenvalue weighted by molar-refractivity contribution is -0.385. The molecule has 14 nitrogen and oxygen atoms in total. The van der Waals surface area contributed by atoms with Crippen molar-refractivity contribution < 1.29 is 49.0 Å². The third-order valence-electron chi connectivity index (χ3n) is 4.61. The van der Waals surface area contributed by atoms with Gasteiger partial charge in [0, 0.05) is 24.3 Å². The Labute approximate surface area is 201 Å². The normalized spacial score (nSPS) is 10.3. The third-order valence-corrected chi connectivity index (χ3v) is 4.61. The molecule has 0 heterocycles. The molecule has 3 rings (SSSR count). The summed E-state index contributed by atoms with van der Waals surface area (Å²) in [7, 11) is -4.12. The van der Waals surface area contributed by atoms with Gasteiger partial charge in [0.1, 0.15) is 11.5 Å². The van der Waals surface area contributed by atoms with Gasteiger partial charge in [0.05, 0.1) is 21.0 Å². The number of rotatable bonds is 8. The number of nitro groups is 2. The van der Waals surface area contributed by atoms with Crippen LogP contribution in [0.2, 0.25) is 0 Å². The van der Waals surface area contributed by atoms with Crippen LogP contribution in [0.1, 0.15) is 20.7 Å². The number of carbonyl (C=O) groups is 2. The van der Waals surface area contributed by atoms with E-state index in [2.05, 4.69) is 0 Å². The molecule has 16 heteroatoms. The Hall–Kier alpha value is -4.63. The Kier molecular flexibility index (Phi) is 7.76. The monoisotopic (exact) mass is 496 g/mol. The van der Waals surface area contributed by atoms with Crippen LogP contribution >= 0.6 is 0 Å². The van der Waals surface area contributed by atoms with Crippen LogP contribution in [0.3, 0.4) is 0 Å². The van der Waals surface area contributed by atoms with Crippen molar-refractivity contribution >= 4 is 48.5 Å². The van der Waals surface area contributed by atoms with Gasteiger partial charge >= 0.3 is 26.2 Å². The molecule has 0 aliphatic heterocycles. The topological polar surface area (TPSA) is 220 Å². The predicted molar refractivity (Wildman–Crippen MR) is 122 cm³/mol. The van der Waals surface area contributed by atoms with Crippen molar-refractivity contribution in [1.29, 1.82) is 0 Å². The van der Waals surface area contributed by atoms with Gasteiger partial charge in [-0.2, -0.15) is 0 Å². The molecule has 0 aliphatic rings. The highest BCUT2D eigenvalue weighted by atomic mass is 16.6. The average molecular weight is 496 g/mol. The molecular formula is C20H14B2N2O12. The maximum absolute atomic E-state index is 12.4. The summed E-state index contributed by atoms with van der Waals surface area (Å²) in [6.07, 6.45) is 0. The number of nitrogens with zero attached hydrogens (tertiary/aromatic N) is 2. The maximum Gasteiger partial charge on any atom is 0.488 e. The predicted octanol–water partition coefficient (Wildman–Crippen LogP) is -0.699. The second kappa shape index (κ2) is 10.7. The molecular weight excluding hydrogens is 482 g/mol. The minimum Gasteiger partial charge on any atom is -0.423 e. The average Bonchev–Trinajstić information content (AvgIpc) is 2.84. The Bertz CT molecular complexity index is 1240. The van der Waals surface area contributed by atoms with Gasteiger partial charge in [-0.15, -0.1) is 0 Å². The zero-order valence-corrected chi connectivity index (χ0v) is 17.9. The number of hydrogen-bond acceptors (Lipinski definition) is 12. The second-order valence-electron chi connectivity index (χ2n) is 7.14. The fourth-order valence-electron chi connectivity index (χ4n) is 2.92. The molecule has 0 radical (unpaired) electrons. The maximum atomic E-state index is 12.4. The van der Waals surface area contributed by atoms with E-state index in [9.17, 15) is 49.9 Å². The molecule has 0 atom stereocenters. The fraction of sp³-hybridized carbons (Fsp3) is 0. The van der Waals surface area contributed by atoms with Gasteiger partial charge in [0.2, 0.25) is 0 Å². The summed E-state index contributed by atoms with van der Waals surface area (Å²) in [5.41, 5.74) is -2.36. The van der Waals surface area contributed by atoms with Crippen molar-refractivity contribution in [3.8, 4) is 11.5 Å². The number of nitro benzene ring substituents is 2. The van der Waals surface area contributed by atoms with Crippen molar-refractivity contribution in [1.82, 2.24) is 0 Å². The van der Waals surface area contributed by atoms with Gasteiger partial charge in [-0.3, -0.25) is 20.2 Å². The first-order valence-electron chi connectivity index (χ1n) is 9.80. The van der Waals surface area contributed by atoms with E-state index in [1.165, 1.54) is 24.3 Å². The third kappa shape index (κ3) is 6.28. The fourth-order valence-corrected chi connectivity index (χ4v) is 2.92. The molecule has 0 unspecified atom stereocenters. The highest BCUT2D eigenvalue weighted by Crippen LogP contribution is 2.21. The van der Waals surface area contributed by atoms with Crippen LogP contribution < -0.4 is 20.4 Å². The summed E-state index contributed by atoms with van der Waals surface area (Å²) in [5.74, 6) is -2.20. The number of hydrogen-bond donors (Lipinski definition) is 4. The molecule has 0 fully saturated rings. The van der Waals surface area contributed by atoms with Crippen LogP contribution in [0.15, 0.2) is 60.7 Å². The van der Waals surface area contributed by atoms with Gasteiger partial charge in [-0.1, -0.05) is 0 Å². The summed E-state index contributed by atoms with van der Waals surface area (Å²) in [6, 6.07) is 10.4. The van der Waals surface area contributed by atoms with Gasteiger partial charge < -0.3 is 29.6 Å². The molecule has 4 N–H and O–H groups in total. The number of carbonyl (C=O) groups excluding carboxylic acids is 2. The number of ether oxygens (including phenoxy) is 2. The van der Waals surface area contributed by atoms with Crippen LogP contribution in [0.5, 0.6) is 11.5 Å². The van der Waals surface area contributed by atoms with Crippen LogP contribution in [0.25, 0.3) is 0 Å². The van der Waals surface area contributed by atoms with E-state index in [-0.39, 0.29) is 33.6 Å². The summed E-state index contributed by atoms with van der Waals surface area (Å²) < 4.78 is 10.2. The highest BCUT2D eigenvalue weighted by molar-refractivity contribution is 6.59. The molecule has 0 aliphatic carbocycles. The molecule has 0 spiro atoms. The van der Waals surface area contributed by atoms with Crippen LogP contribution in [-0.2, 0) is 0 Å². The Balaban J connectivity index is 1.75. The van der Waals surface area contributed by atoms with E-state index in [0.717, 1.165) is 36.4 Å². The van der Waals surface area contributed by atoms with E-state index >= 15 is 0 Å². The minimum atomic E-state index is -2.06. The highest BCUT2D eigenvalue weighted by Gasteiger charge is 2.23. The van der Waals surface area contributed by atoms with Crippen LogP contribution in [0.4, 0.5) is 11.4 Å². The van der Waals surface area contributed by atoms with Crippen LogP contribution in [0, 0.1) is 20.2 Å². The number of benzene rings is 3. The van der Waals surface area contributed by atoms with Gasteiger partial charge in [-0.05, 0) is 47.3 Å². The summed E-state index contributed by atoms with van der Waals surface area (Å²) >= 11 is 0. The van der Waals surface area contributed by atoms with E-state index in [1.54, 1.807) is 0 Å². The Morgan fingerprint density at radius 1 is 0.639 bits per heavy atom. The first-order valence-corrected chi connectivity index (χ1v) is 9.80. The van der Waals surface area contributed by atoms with Crippen molar-refractivity contribution in [2.45, 2.75) is 0 Å². The van der Waals surface area contributed by atoms with E-state index in [1.807, 2.05) is 0 Å². The molecule has 0 saturated carbocycles. The summed E-state index contributed by atoms with van der Waals surface area (Å²) in [4.78, 5) is 45.2. The van der Waals surface area contributed by atoms with Crippen molar-refractivity contribution in [3.05, 3.63) is 92.0 Å². The molecule has 0 aromatic heterocycles. The van der Waals surface area contributed by atoms with E-state index < -0.39 is 47.4 Å². The molecule has 0 saturated heterocycles. The quantitative estimate of drug-likeness (QED) is 0.100. The molecule has 0 amide bonds. The zero-order chi connectivity index (χ0) is 26.6. The molecule has 0 bridgehead atoms. The molecule has 3 aromatic carbocycles. The zero-order valence-electron chi connectivity index (χ0n) is 17.9. The standard InChI is InChI=1S/C20H14B2N2O12/c25-19(11-5-13(21(27)28)9-15(7-11)23(31)32)35-17-1-2-18(4-3-17)36-20(26)12-6-14(22(29)30)10-16(8-12)24(33)34/h1-10,27-30H. The number of non-ortho nitro benzene ring substituents is 2. The second-order valence-corrected chi connectivity index (χ2v) is 7.14. The first kappa shape index (κ1) is 26.0. The number of esters is 2. The SMILES string of the molecule is O=C(Oc1ccc(OC(=O)c2cc(B(O)O)cc([N+](=O)[O-])c2)cc1)c1cc(B(O)O)cc([N+](=O)[O-])c1. The lowest BCUT2D eigenvalue weighted by Gasteiger charge is -2.09.